The Morgan fingerprint density at radius 3 is 2.78 bits per heavy atom. The van der Waals surface area contributed by atoms with E-state index in [0.29, 0.717) is 26.2 Å². The lowest BCUT2D eigenvalue weighted by molar-refractivity contribution is -0.126. The number of hydrogen-bond donors (Lipinski definition) is 2. The molecular formula is C16H25ClN2O4. The van der Waals surface area contributed by atoms with Crippen LogP contribution in [0.25, 0.3) is 0 Å². The number of hydrogen-bond acceptors (Lipinski definition) is 5. The molecular weight excluding hydrogens is 320 g/mol. The van der Waals surface area contributed by atoms with Gasteiger partial charge in [-0.25, -0.2) is 0 Å². The van der Waals surface area contributed by atoms with Crippen LogP contribution in [0.1, 0.15) is 18.4 Å². The van der Waals surface area contributed by atoms with Gasteiger partial charge in [-0.2, -0.15) is 0 Å². The topological polar surface area (TPSA) is 82.8 Å². The maximum atomic E-state index is 12.2. The molecule has 3 N–H and O–H groups in total. The first kappa shape index (κ1) is 19.7. The van der Waals surface area contributed by atoms with Crippen LogP contribution in [0.15, 0.2) is 18.2 Å². The second-order valence-corrected chi connectivity index (χ2v) is 5.37. The van der Waals surface area contributed by atoms with E-state index >= 15 is 0 Å². The van der Waals surface area contributed by atoms with Gasteiger partial charge in [-0.3, -0.25) is 4.79 Å². The fourth-order valence-corrected chi connectivity index (χ4v) is 2.39. The highest BCUT2D eigenvalue weighted by Crippen LogP contribution is 2.24. The zero-order valence-electron chi connectivity index (χ0n) is 13.5. The van der Waals surface area contributed by atoms with Gasteiger partial charge in [0.25, 0.3) is 5.91 Å². The molecule has 1 aliphatic heterocycles. The van der Waals surface area contributed by atoms with Gasteiger partial charge in [0.2, 0.25) is 0 Å². The van der Waals surface area contributed by atoms with Gasteiger partial charge in [0, 0.05) is 19.3 Å². The molecule has 1 heterocycles. The summed E-state index contributed by atoms with van der Waals surface area (Å²) in [5.74, 6) is 0.639. The maximum Gasteiger partial charge on any atom is 0.253 e. The number of carbonyl (C=O) groups excluding carboxylic acids is 1. The maximum absolute atomic E-state index is 12.2. The molecule has 0 spiro atoms. The largest absolute Gasteiger partial charge is 0.491 e. The van der Waals surface area contributed by atoms with E-state index in [9.17, 15) is 4.79 Å². The first-order valence-electron chi connectivity index (χ1n) is 7.52. The average Bonchev–Trinajstić information content (AvgIpc) is 2.99. The predicted molar refractivity (Wildman–Crippen MR) is 91.4 cm³/mol. The lowest BCUT2D eigenvalue weighted by atomic mass is 10.1. The van der Waals surface area contributed by atoms with Crippen molar-refractivity contribution >= 4 is 24.0 Å². The Labute approximate surface area is 143 Å². The molecule has 7 heteroatoms. The first-order valence-corrected chi connectivity index (χ1v) is 7.52. The number of benzene rings is 1. The van der Waals surface area contributed by atoms with Crippen LogP contribution < -0.4 is 15.8 Å². The highest BCUT2D eigenvalue weighted by Gasteiger charge is 2.29. The van der Waals surface area contributed by atoms with Crippen LogP contribution in [0.5, 0.6) is 5.75 Å². The van der Waals surface area contributed by atoms with Gasteiger partial charge in [-0.1, -0.05) is 0 Å². The molecule has 1 fully saturated rings. The number of nitrogens with two attached hydrogens (primary N) is 1. The molecule has 0 saturated carbocycles. The van der Waals surface area contributed by atoms with E-state index in [-0.39, 0.29) is 24.4 Å². The van der Waals surface area contributed by atoms with E-state index in [1.165, 1.54) is 0 Å². The summed E-state index contributed by atoms with van der Waals surface area (Å²) in [6.07, 6.45) is 1.13. The third-order valence-electron chi connectivity index (χ3n) is 3.67. The Morgan fingerprint density at radius 2 is 2.17 bits per heavy atom. The van der Waals surface area contributed by atoms with E-state index in [0.717, 1.165) is 23.4 Å². The highest BCUT2D eigenvalue weighted by molar-refractivity contribution is 5.95. The van der Waals surface area contributed by atoms with Crippen molar-refractivity contribution in [1.82, 2.24) is 0 Å². The summed E-state index contributed by atoms with van der Waals surface area (Å²) in [6.45, 7) is 3.42. The number of anilines is 1. The Hall–Kier alpha value is -1.34. The normalized spacial score (nSPS) is 20.0. The van der Waals surface area contributed by atoms with E-state index in [1.807, 2.05) is 25.1 Å². The molecule has 0 unspecified atom stereocenters. The van der Waals surface area contributed by atoms with Gasteiger partial charge < -0.3 is 25.3 Å². The van der Waals surface area contributed by atoms with E-state index in [1.54, 1.807) is 7.11 Å². The van der Waals surface area contributed by atoms with Gasteiger partial charge in [0.05, 0.1) is 12.7 Å². The van der Waals surface area contributed by atoms with Crippen LogP contribution >= 0.6 is 12.4 Å². The van der Waals surface area contributed by atoms with Gasteiger partial charge in [-0.15, -0.1) is 12.4 Å². The van der Waals surface area contributed by atoms with Crippen molar-refractivity contribution in [3.05, 3.63) is 23.8 Å². The number of nitrogens with one attached hydrogen (secondary N) is 1. The Kier molecular flexibility index (Phi) is 8.33. The minimum absolute atomic E-state index is 0. The average molecular weight is 345 g/mol. The molecule has 0 aromatic heterocycles. The van der Waals surface area contributed by atoms with Crippen LogP contribution in [-0.4, -0.2) is 45.0 Å². The Morgan fingerprint density at radius 1 is 1.39 bits per heavy atom. The standard InChI is InChI=1S/C16H24N2O4.ClH/c1-11-9-12(21-8-7-20-2)3-5-14(11)18-16(19)15-6-4-13(10-17)22-15;/h3,5,9,13,15H,4,6-8,10,17H2,1-2H3,(H,18,19);1H/t13-,15+;/m1./s1. The molecule has 1 saturated heterocycles. The smallest absolute Gasteiger partial charge is 0.253 e. The molecule has 6 nitrogen and oxygen atoms in total. The van der Waals surface area contributed by atoms with Gasteiger partial charge in [-0.05, 0) is 43.5 Å². The molecule has 130 valence electrons. The molecule has 0 aliphatic carbocycles. The zero-order chi connectivity index (χ0) is 15.9. The second-order valence-electron chi connectivity index (χ2n) is 5.37. The summed E-state index contributed by atoms with van der Waals surface area (Å²) >= 11 is 0. The van der Waals surface area contributed by atoms with Crippen LogP contribution in [-0.2, 0) is 14.3 Å². The molecule has 1 aromatic carbocycles. The summed E-state index contributed by atoms with van der Waals surface area (Å²) < 4.78 is 16.1. The number of aryl methyl sites for hydroxylation is 1. The van der Waals surface area contributed by atoms with Crippen LogP contribution in [0, 0.1) is 6.92 Å². The lowest BCUT2D eigenvalue weighted by Gasteiger charge is -2.15. The quantitative estimate of drug-likeness (QED) is 0.738. The number of carbonyl (C=O) groups is 1. The van der Waals surface area contributed by atoms with Crippen molar-refractivity contribution in [3.63, 3.8) is 0 Å². The minimum atomic E-state index is -0.412. The zero-order valence-corrected chi connectivity index (χ0v) is 14.4. The molecule has 0 radical (unpaired) electrons. The van der Waals surface area contributed by atoms with Gasteiger partial charge >= 0.3 is 0 Å². The van der Waals surface area contributed by atoms with Crippen molar-refractivity contribution in [2.24, 2.45) is 5.73 Å². The van der Waals surface area contributed by atoms with E-state index < -0.39 is 6.10 Å². The molecule has 1 aliphatic rings. The third kappa shape index (κ3) is 5.66. The summed E-state index contributed by atoms with van der Waals surface area (Å²) in [4.78, 5) is 12.2. The van der Waals surface area contributed by atoms with E-state index in [4.69, 9.17) is 19.9 Å². The molecule has 23 heavy (non-hydrogen) atoms. The highest BCUT2D eigenvalue weighted by atomic mass is 35.5. The summed E-state index contributed by atoms with van der Waals surface area (Å²) in [7, 11) is 1.63. The summed E-state index contributed by atoms with van der Waals surface area (Å²) in [6, 6.07) is 5.56. The molecule has 0 bridgehead atoms. The van der Waals surface area contributed by atoms with Crippen molar-refractivity contribution in [2.45, 2.75) is 32.0 Å². The lowest BCUT2D eigenvalue weighted by Crippen LogP contribution is -2.30. The number of amides is 1. The number of ether oxygens (including phenoxy) is 3. The van der Waals surface area contributed by atoms with Crippen molar-refractivity contribution in [1.29, 1.82) is 0 Å². The molecule has 1 amide bonds. The SMILES string of the molecule is COCCOc1ccc(NC(=O)[C@@H]2CC[C@H](CN)O2)c(C)c1.Cl. The van der Waals surface area contributed by atoms with Crippen molar-refractivity contribution in [3.8, 4) is 5.75 Å². The summed E-state index contributed by atoms with van der Waals surface area (Å²) in [5, 5.41) is 2.91. The van der Waals surface area contributed by atoms with Gasteiger partial charge in [0.1, 0.15) is 18.5 Å². The molecule has 2 rings (SSSR count). The number of halogens is 1. The van der Waals surface area contributed by atoms with Crippen LogP contribution in [0.3, 0.4) is 0 Å². The summed E-state index contributed by atoms with van der Waals surface area (Å²) in [5.41, 5.74) is 7.27. The predicted octanol–water partition coefficient (Wildman–Crippen LogP) is 1.89. The Balaban J connectivity index is 0.00000264. The van der Waals surface area contributed by atoms with Crippen LogP contribution in [0.2, 0.25) is 0 Å². The van der Waals surface area contributed by atoms with Gasteiger partial charge in [0.15, 0.2) is 0 Å². The number of methoxy groups -OCH3 is 1. The van der Waals surface area contributed by atoms with Crippen LogP contribution in [0.4, 0.5) is 5.69 Å². The monoisotopic (exact) mass is 344 g/mol. The molecule has 1 aromatic rings. The second kappa shape index (κ2) is 9.72. The minimum Gasteiger partial charge on any atom is -0.491 e. The first-order chi connectivity index (χ1) is 10.6. The fourth-order valence-electron chi connectivity index (χ4n) is 2.39. The number of rotatable bonds is 7. The fraction of sp³-hybridized carbons (Fsp3) is 0.562. The van der Waals surface area contributed by atoms with Crippen molar-refractivity contribution in [2.75, 3.05) is 32.2 Å². The third-order valence-corrected chi connectivity index (χ3v) is 3.67. The Bertz CT molecular complexity index is 513. The molecule has 2 atom stereocenters. The van der Waals surface area contributed by atoms with Crippen molar-refractivity contribution < 1.29 is 19.0 Å². The van der Waals surface area contributed by atoms with E-state index in [2.05, 4.69) is 5.32 Å².